The molecular formula is C44H40I2O10. The largest absolute Gasteiger partial charge is 0.460 e. The maximum atomic E-state index is 12.7. The van der Waals surface area contributed by atoms with Gasteiger partial charge < -0.3 is 38.6 Å². The molecule has 12 heteroatoms. The summed E-state index contributed by atoms with van der Waals surface area (Å²) in [6.45, 7) is 2.59. The lowest BCUT2D eigenvalue weighted by Gasteiger charge is -2.07. The molecule has 0 fully saturated rings. The average Bonchev–Trinajstić information content (AvgIpc) is 3.19. The molecule has 0 aromatic heterocycles. The predicted octanol–water partition coefficient (Wildman–Crippen LogP) is 6.37. The van der Waals surface area contributed by atoms with E-state index in [1.807, 2.05) is 48.5 Å². The third kappa shape index (κ3) is 14.1. The minimum atomic E-state index is -0.451. The maximum absolute atomic E-state index is 12.7. The summed E-state index contributed by atoms with van der Waals surface area (Å²) in [6.07, 6.45) is 0. The maximum Gasteiger partial charge on any atom is 0.338 e. The number of benzene rings is 5. The van der Waals surface area contributed by atoms with E-state index in [-0.39, 0.29) is 52.9 Å². The first kappa shape index (κ1) is 43.0. The van der Waals surface area contributed by atoms with Crippen LogP contribution in [0, 0.1) is 30.8 Å². The van der Waals surface area contributed by atoms with Gasteiger partial charge in [0, 0.05) is 29.4 Å². The smallest absolute Gasteiger partial charge is 0.338 e. The molecule has 2 N–H and O–H groups in total. The molecule has 0 aliphatic rings. The van der Waals surface area contributed by atoms with Crippen molar-refractivity contribution in [3.8, 4) is 23.7 Å². The first-order valence-corrected chi connectivity index (χ1v) is 20.0. The van der Waals surface area contributed by atoms with Crippen LogP contribution in [0.25, 0.3) is 21.5 Å². The van der Waals surface area contributed by atoms with E-state index in [1.54, 1.807) is 24.3 Å². The second kappa shape index (κ2) is 23.2. The summed E-state index contributed by atoms with van der Waals surface area (Å²) in [4.78, 5) is 25.4. The summed E-state index contributed by atoms with van der Waals surface area (Å²) in [7, 11) is 0. The molecule has 0 saturated carbocycles. The van der Waals surface area contributed by atoms with Gasteiger partial charge in [-0.25, -0.2) is 9.59 Å². The molecule has 0 heterocycles. The first-order valence-electron chi connectivity index (χ1n) is 17.8. The van der Waals surface area contributed by atoms with Crippen LogP contribution in [0.5, 0.6) is 0 Å². The Hall–Kier alpha value is -4.10. The molecule has 0 saturated heterocycles. The molecule has 0 unspecified atom stereocenters. The monoisotopic (exact) mass is 982 g/mol. The van der Waals surface area contributed by atoms with Crippen molar-refractivity contribution in [3.63, 3.8) is 0 Å². The van der Waals surface area contributed by atoms with Crippen LogP contribution in [0.1, 0.15) is 43.0 Å². The van der Waals surface area contributed by atoms with Crippen molar-refractivity contribution in [3.05, 3.63) is 125 Å². The number of carbonyl (C=O) groups is 2. The summed E-state index contributed by atoms with van der Waals surface area (Å²) >= 11 is 4.32. The minimum absolute atomic E-state index is 0.0368. The van der Waals surface area contributed by atoms with Crippen LogP contribution in [0.15, 0.2) is 84.9 Å². The Morgan fingerprint density at radius 2 is 0.804 bits per heavy atom. The fourth-order valence-corrected chi connectivity index (χ4v) is 6.67. The zero-order valence-electron chi connectivity index (χ0n) is 30.5. The molecule has 0 spiro atoms. The Kier molecular flexibility index (Phi) is 17.8. The van der Waals surface area contributed by atoms with Gasteiger partial charge in [0.1, 0.15) is 13.2 Å². The van der Waals surface area contributed by atoms with E-state index in [9.17, 15) is 9.59 Å². The number of aliphatic hydroxyl groups is 2. The standard InChI is InChI=1S/C44H40I2O10/c45-41-25-33(23-39(29-41)43(49)55-19-17-53-15-13-51-11-9-47)3-1-31-5-7-35-27-36-8-6-32(22-38(36)28-37(35)21-31)2-4-34-24-40(30-42(46)26-34)44(50)56-20-18-54-16-14-52-12-10-48/h5-8,21-30,47-48H,9-20H2. The number of rotatable bonds is 18. The average molecular weight is 983 g/mol. The molecule has 0 amide bonds. The SMILES string of the molecule is O=C(OCCOCCOCCO)c1cc(I)cc(C#Cc2ccc3cc4ccc(C#Cc5cc(I)cc(C(=O)OCCOCCOCCO)c5)cc4cc3c2)c1. The Morgan fingerprint density at radius 3 is 1.23 bits per heavy atom. The van der Waals surface area contributed by atoms with Gasteiger partial charge in [-0.1, -0.05) is 35.8 Å². The van der Waals surface area contributed by atoms with E-state index in [4.69, 9.17) is 38.6 Å². The van der Waals surface area contributed by atoms with E-state index in [0.29, 0.717) is 48.7 Å². The minimum Gasteiger partial charge on any atom is -0.460 e. The zero-order chi connectivity index (χ0) is 39.5. The predicted molar refractivity (Wildman–Crippen MR) is 230 cm³/mol. The number of esters is 2. The van der Waals surface area contributed by atoms with Crippen molar-refractivity contribution >= 4 is 78.7 Å². The van der Waals surface area contributed by atoms with Crippen LogP contribution in [0.4, 0.5) is 0 Å². The summed E-state index contributed by atoms with van der Waals surface area (Å²) in [5.74, 6) is 12.0. The van der Waals surface area contributed by atoms with Crippen LogP contribution < -0.4 is 0 Å². The van der Waals surface area contributed by atoms with Crippen molar-refractivity contribution in [2.75, 3.05) is 79.3 Å². The van der Waals surface area contributed by atoms with E-state index >= 15 is 0 Å². The molecule has 0 atom stereocenters. The fourth-order valence-electron chi connectivity index (χ4n) is 5.33. The normalized spacial score (nSPS) is 10.8. The van der Waals surface area contributed by atoms with Crippen molar-refractivity contribution in [1.29, 1.82) is 0 Å². The van der Waals surface area contributed by atoms with Crippen LogP contribution in [-0.4, -0.2) is 101 Å². The van der Waals surface area contributed by atoms with E-state index in [2.05, 4.69) is 81.0 Å². The summed E-state index contributed by atoms with van der Waals surface area (Å²) < 4.78 is 33.5. The molecule has 0 aliphatic carbocycles. The lowest BCUT2D eigenvalue weighted by Crippen LogP contribution is -2.13. The highest BCUT2D eigenvalue weighted by molar-refractivity contribution is 14.1. The number of hydrogen-bond donors (Lipinski definition) is 2. The zero-order valence-corrected chi connectivity index (χ0v) is 34.8. The van der Waals surface area contributed by atoms with Crippen molar-refractivity contribution in [2.45, 2.75) is 0 Å². The molecule has 5 rings (SSSR count). The van der Waals surface area contributed by atoms with Gasteiger partial charge in [0.25, 0.3) is 0 Å². The summed E-state index contributed by atoms with van der Waals surface area (Å²) in [5.41, 5.74) is 3.89. The Balaban J connectivity index is 1.22. The molecule has 0 aliphatic heterocycles. The highest BCUT2D eigenvalue weighted by Gasteiger charge is 2.11. The molecule has 290 valence electrons. The molecule has 0 bridgehead atoms. The van der Waals surface area contributed by atoms with Crippen LogP contribution in [0.2, 0.25) is 0 Å². The van der Waals surface area contributed by atoms with Gasteiger partial charge >= 0.3 is 11.9 Å². The number of carbonyl (C=O) groups excluding carboxylic acids is 2. The van der Waals surface area contributed by atoms with Crippen LogP contribution >= 0.6 is 45.2 Å². The van der Waals surface area contributed by atoms with Gasteiger partial charge in [-0.15, -0.1) is 0 Å². The van der Waals surface area contributed by atoms with Crippen LogP contribution in [-0.2, 0) is 28.4 Å². The second-order valence-corrected chi connectivity index (χ2v) is 14.6. The first-order chi connectivity index (χ1) is 27.3. The van der Waals surface area contributed by atoms with E-state index in [1.165, 1.54) is 0 Å². The van der Waals surface area contributed by atoms with Crippen molar-refractivity contribution < 1.29 is 48.2 Å². The van der Waals surface area contributed by atoms with Crippen molar-refractivity contribution in [2.24, 2.45) is 0 Å². The molecule has 5 aromatic carbocycles. The lowest BCUT2D eigenvalue weighted by atomic mass is 10.00. The Bertz CT molecular complexity index is 2100. The van der Waals surface area contributed by atoms with Gasteiger partial charge in [-0.3, -0.25) is 0 Å². The van der Waals surface area contributed by atoms with Crippen LogP contribution in [0.3, 0.4) is 0 Å². The summed E-state index contributed by atoms with van der Waals surface area (Å²) in [6, 6.07) is 27.2. The molecule has 5 aromatic rings. The molecule has 10 nitrogen and oxygen atoms in total. The Morgan fingerprint density at radius 1 is 0.429 bits per heavy atom. The topological polar surface area (TPSA) is 130 Å². The third-order valence-corrected chi connectivity index (χ3v) is 9.15. The van der Waals surface area contributed by atoms with E-state index in [0.717, 1.165) is 39.8 Å². The summed E-state index contributed by atoms with van der Waals surface area (Å²) in [5, 5.41) is 21.7. The molecule has 0 radical (unpaired) electrons. The highest BCUT2D eigenvalue weighted by Crippen LogP contribution is 2.25. The third-order valence-electron chi connectivity index (χ3n) is 7.90. The fraction of sp³-hybridized carbons (Fsp3) is 0.273. The number of hydrogen-bond acceptors (Lipinski definition) is 10. The number of halogens is 2. The molecular weight excluding hydrogens is 942 g/mol. The van der Waals surface area contributed by atoms with Crippen molar-refractivity contribution in [1.82, 2.24) is 0 Å². The quantitative estimate of drug-likeness (QED) is 0.0337. The van der Waals surface area contributed by atoms with Gasteiger partial charge in [-0.2, -0.15) is 0 Å². The van der Waals surface area contributed by atoms with Gasteiger partial charge in [0.2, 0.25) is 0 Å². The van der Waals surface area contributed by atoms with Gasteiger partial charge in [0.15, 0.2) is 0 Å². The molecule has 56 heavy (non-hydrogen) atoms. The highest BCUT2D eigenvalue weighted by atomic mass is 127. The van der Waals surface area contributed by atoms with Gasteiger partial charge in [-0.05, 0) is 140 Å². The number of fused-ring (bicyclic) bond motifs is 2. The number of ether oxygens (including phenoxy) is 6. The number of aliphatic hydroxyl groups excluding tert-OH is 2. The van der Waals surface area contributed by atoms with E-state index < -0.39 is 11.9 Å². The second-order valence-electron chi connectivity index (χ2n) is 12.1. The Labute approximate surface area is 353 Å². The lowest BCUT2D eigenvalue weighted by molar-refractivity contribution is 0.00901. The van der Waals surface area contributed by atoms with Gasteiger partial charge in [0.05, 0.1) is 77.2 Å².